The van der Waals surface area contributed by atoms with Gasteiger partial charge in [-0.25, -0.2) is 4.98 Å². The Morgan fingerprint density at radius 3 is 3.18 bits per heavy atom. The second-order valence-electron chi connectivity index (χ2n) is 4.64. The molecule has 1 aliphatic rings. The van der Waals surface area contributed by atoms with E-state index in [4.69, 9.17) is 0 Å². The number of thiazole rings is 1. The number of hydrogen-bond donors (Lipinski definition) is 1. The van der Waals surface area contributed by atoms with Crippen LogP contribution >= 0.6 is 11.3 Å². The molecule has 0 saturated carbocycles. The van der Waals surface area contributed by atoms with Gasteiger partial charge in [0, 0.05) is 42.0 Å². The Hall–Kier alpha value is -1.20. The molecule has 0 amide bonds. The lowest BCUT2D eigenvalue weighted by molar-refractivity contribution is 0.328. The molecule has 1 unspecified atom stereocenters. The molecule has 2 aromatic rings. The van der Waals surface area contributed by atoms with Crippen LogP contribution in [0.2, 0.25) is 0 Å². The number of H-pyrrole nitrogens is 1. The van der Waals surface area contributed by atoms with Gasteiger partial charge in [0.15, 0.2) is 0 Å². The van der Waals surface area contributed by atoms with E-state index in [-0.39, 0.29) is 0 Å². The number of aromatic nitrogens is 3. The van der Waals surface area contributed by atoms with Crippen molar-refractivity contribution in [1.29, 1.82) is 0 Å². The first kappa shape index (κ1) is 10.9. The maximum absolute atomic E-state index is 4.44. The van der Waals surface area contributed by atoms with Gasteiger partial charge in [0.25, 0.3) is 0 Å². The Kier molecular flexibility index (Phi) is 2.94. The Morgan fingerprint density at radius 2 is 2.47 bits per heavy atom. The Balaban J connectivity index is 1.62. The summed E-state index contributed by atoms with van der Waals surface area (Å²) in [5, 5.41) is 0. The van der Waals surface area contributed by atoms with Crippen molar-refractivity contribution in [2.75, 3.05) is 13.1 Å². The second-order valence-corrected chi connectivity index (χ2v) is 5.61. The Labute approximate surface area is 105 Å². The molecule has 90 valence electrons. The summed E-state index contributed by atoms with van der Waals surface area (Å²) in [6.07, 6.45) is 5.09. The predicted octanol–water partition coefficient (Wildman–Crippen LogP) is 2.16. The predicted molar refractivity (Wildman–Crippen MR) is 68.1 cm³/mol. The van der Waals surface area contributed by atoms with Gasteiger partial charge in [0.05, 0.1) is 5.51 Å². The molecule has 17 heavy (non-hydrogen) atoms. The molecule has 0 bridgehead atoms. The number of imidazole rings is 1. The van der Waals surface area contributed by atoms with E-state index in [1.54, 1.807) is 11.3 Å². The summed E-state index contributed by atoms with van der Waals surface area (Å²) in [4.78, 5) is 15.7. The average molecular weight is 248 g/mol. The quantitative estimate of drug-likeness (QED) is 0.905. The Morgan fingerprint density at radius 1 is 1.53 bits per heavy atom. The highest BCUT2D eigenvalue weighted by Gasteiger charge is 2.25. The van der Waals surface area contributed by atoms with Gasteiger partial charge in [0.1, 0.15) is 5.82 Å². The molecule has 5 heteroatoms. The summed E-state index contributed by atoms with van der Waals surface area (Å²) in [6, 6.07) is 0. The lowest BCUT2D eigenvalue weighted by Crippen LogP contribution is -2.19. The van der Waals surface area contributed by atoms with Crippen LogP contribution < -0.4 is 0 Å². The minimum atomic E-state index is 0.566. The summed E-state index contributed by atoms with van der Waals surface area (Å²) in [7, 11) is 0. The summed E-state index contributed by atoms with van der Waals surface area (Å²) >= 11 is 1.73. The Bertz CT molecular complexity index is 476. The molecule has 3 rings (SSSR count). The number of likely N-dealkylation sites (tertiary alicyclic amines) is 1. The van der Waals surface area contributed by atoms with Crippen LogP contribution in [-0.4, -0.2) is 32.9 Å². The van der Waals surface area contributed by atoms with Crippen molar-refractivity contribution in [3.8, 4) is 0 Å². The topological polar surface area (TPSA) is 44.8 Å². The van der Waals surface area contributed by atoms with E-state index in [2.05, 4.69) is 26.8 Å². The number of aromatic amines is 1. The fourth-order valence-corrected chi connectivity index (χ4v) is 3.02. The van der Waals surface area contributed by atoms with Crippen LogP contribution in [-0.2, 0) is 6.54 Å². The first-order chi connectivity index (χ1) is 8.31. The lowest BCUT2D eigenvalue weighted by Gasteiger charge is -2.13. The van der Waals surface area contributed by atoms with Gasteiger partial charge in [-0.1, -0.05) is 0 Å². The summed E-state index contributed by atoms with van der Waals surface area (Å²) in [5.74, 6) is 1.71. The average Bonchev–Trinajstić information content (AvgIpc) is 2.99. The fourth-order valence-electron chi connectivity index (χ4n) is 2.38. The van der Waals surface area contributed by atoms with Crippen molar-refractivity contribution in [2.24, 2.45) is 0 Å². The molecule has 1 saturated heterocycles. The number of nitrogens with one attached hydrogen (secondary N) is 1. The summed E-state index contributed by atoms with van der Waals surface area (Å²) < 4.78 is 0. The zero-order valence-electron chi connectivity index (χ0n) is 9.89. The lowest BCUT2D eigenvalue weighted by atomic mass is 10.1. The third-order valence-corrected chi connectivity index (χ3v) is 4.01. The highest BCUT2D eigenvalue weighted by atomic mass is 32.1. The largest absolute Gasteiger partial charge is 0.346 e. The highest BCUT2D eigenvalue weighted by Crippen LogP contribution is 2.26. The first-order valence-corrected chi connectivity index (χ1v) is 6.80. The van der Waals surface area contributed by atoms with E-state index < -0.39 is 0 Å². The van der Waals surface area contributed by atoms with Gasteiger partial charge in [-0.15, -0.1) is 11.3 Å². The van der Waals surface area contributed by atoms with Gasteiger partial charge < -0.3 is 4.98 Å². The first-order valence-electron chi connectivity index (χ1n) is 5.92. The monoisotopic (exact) mass is 248 g/mol. The van der Waals surface area contributed by atoms with Crippen molar-refractivity contribution in [2.45, 2.75) is 25.8 Å². The van der Waals surface area contributed by atoms with Gasteiger partial charge >= 0.3 is 0 Å². The molecular weight excluding hydrogens is 232 g/mol. The molecular formula is C12H16N4S. The number of rotatable bonds is 3. The van der Waals surface area contributed by atoms with Crippen molar-refractivity contribution in [1.82, 2.24) is 19.9 Å². The standard InChI is InChI=1S/C12H16N4S/c1-9-4-14-12(15-9)10-2-3-16(6-10)7-11-5-13-8-17-11/h4-5,8,10H,2-3,6-7H2,1H3,(H,14,15). The summed E-state index contributed by atoms with van der Waals surface area (Å²) in [6.45, 7) is 5.34. The van der Waals surface area contributed by atoms with E-state index >= 15 is 0 Å². The van der Waals surface area contributed by atoms with E-state index in [0.29, 0.717) is 5.92 Å². The molecule has 1 aliphatic heterocycles. The molecule has 1 fully saturated rings. The minimum Gasteiger partial charge on any atom is -0.346 e. The molecule has 3 heterocycles. The molecule has 0 aliphatic carbocycles. The smallest absolute Gasteiger partial charge is 0.110 e. The van der Waals surface area contributed by atoms with E-state index in [0.717, 1.165) is 31.2 Å². The zero-order chi connectivity index (χ0) is 11.7. The van der Waals surface area contributed by atoms with Gasteiger partial charge in [0.2, 0.25) is 0 Å². The SMILES string of the molecule is Cc1cnc(C2CCN(Cc3cncs3)C2)[nH]1. The molecule has 0 spiro atoms. The number of aryl methyl sites for hydroxylation is 1. The molecule has 0 aromatic carbocycles. The van der Waals surface area contributed by atoms with E-state index in [1.165, 1.54) is 11.3 Å². The molecule has 2 aromatic heterocycles. The highest BCUT2D eigenvalue weighted by molar-refractivity contribution is 7.09. The van der Waals surface area contributed by atoms with Crippen molar-refractivity contribution in [3.05, 3.63) is 34.3 Å². The van der Waals surface area contributed by atoms with Crippen LogP contribution in [0.15, 0.2) is 17.9 Å². The van der Waals surface area contributed by atoms with Gasteiger partial charge in [-0.3, -0.25) is 9.88 Å². The van der Waals surface area contributed by atoms with Crippen LogP contribution in [0, 0.1) is 6.92 Å². The maximum atomic E-state index is 4.44. The second kappa shape index (κ2) is 4.58. The molecule has 4 nitrogen and oxygen atoms in total. The zero-order valence-corrected chi connectivity index (χ0v) is 10.7. The van der Waals surface area contributed by atoms with Crippen LogP contribution in [0.25, 0.3) is 0 Å². The number of hydrogen-bond acceptors (Lipinski definition) is 4. The van der Waals surface area contributed by atoms with Crippen molar-refractivity contribution >= 4 is 11.3 Å². The molecule has 0 radical (unpaired) electrons. The van der Waals surface area contributed by atoms with Gasteiger partial charge in [-0.2, -0.15) is 0 Å². The van der Waals surface area contributed by atoms with E-state index in [9.17, 15) is 0 Å². The van der Waals surface area contributed by atoms with Crippen LogP contribution in [0.4, 0.5) is 0 Å². The van der Waals surface area contributed by atoms with Crippen molar-refractivity contribution < 1.29 is 0 Å². The third-order valence-electron chi connectivity index (χ3n) is 3.24. The van der Waals surface area contributed by atoms with Crippen molar-refractivity contribution in [3.63, 3.8) is 0 Å². The normalized spacial score (nSPS) is 21.1. The van der Waals surface area contributed by atoms with Crippen LogP contribution in [0.1, 0.15) is 28.7 Å². The van der Waals surface area contributed by atoms with Crippen LogP contribution in [0.3, 0.4) is 0 Å². The van der Waals surface area contributed by atoms with Gasteiger partial charge in [-0.05, 0) is 19.9 Å². The van der Waals surface area contributed by atoms with Crippen LogP contribution in [0.5, 0.6) is 0 Å². The summed E-state index contributed by atoms with van der Waals surface area (Å²) in [5.41, 5.74) is 3.06. The minimum absolute atomic E-state index is 0.566. The third kappa shape index (κ3) is 2.40. The van der Waals surface area contributed by atoms with E-state index in [1.807, 2.05) is 17.9 Å². The maximum Gasteiger partial charge on any atom is 0.110 e. The molecule has 1 atom stereocenters. The molecule has 1 N–H and O–H groups in total. The fraction of sp³-hybridized carbons (Fsp3) is 0.500. The number of nitrogens with zero attached hydrogens (tertiary/aromatic N) is 3.